The molecule has 4 aromatic rings. The third kappa shape index (κ3) is 10.4. The van der Waals surface area contributed by atoms with Crippen LogP contribution in [-0.4, -0.2) is 50.7 Å². The van der Waals surface area contributed by atoms with Crippen molar-refractivity contribution in [2.75, 3.05) is 18.1 Å². The standard InChI is InChI=1S/C26H24FN3O5S2.C4H7NO.C2H6/c1-3-28-24(31)23(37(2,33)34)25-30-21-14-20(27)19(13-22(21)36-25)17-9-11-18(12-10-17)29-26(32)35-15-16-7-5-4-6-8-16;6-3-5-4-1-2-4;1-2/h4-14,23H,3,15H2,1-2H3,(H,28,31)(H,29,32);3-4H,1-2H2,(H,5,6);1-2H3. The molecule has 1 atom stereocenters. The number of thiazole rings is 1. The van der Waals surface area contributed by atoms with E-state index in [1.807, 2.05) is 44.2 Å². The number of amides is 3. The van der Waals surface area contributed by atoms with Crippen LogP contribution in [0.2, 0.25) is 0 Å². The number of benzene rings is 3. The van der Waals surface area contributed by atoms with Gasteiger partial charge < -0.3 is 15.4 Å². The van der Waals surface area contributed by atoms with Crippen molar-refractivity contribution in [1.82, 2.24) is 15.6 Å². The van der Waals surface area contributed by atoms with Crippen LogP contribution in [0.5, 0.6) is 0 Å². The monoisotopic (exact) mass is 656 g/mol. The molecule has 1 aromatic heterocycles. The molecule has 1 aliphatic rings. The molecule has 1 saturated carbocycles. The largest absolute Gasteiger partial charge is 0.444 e. The van der Waals surface area contributed by atoms with E-state index >= 15 is 0 Å². The molecule has 5 rings (SSSR count). The van der Waals surface area contributed by atoms with E-state index in [2.05, 4.69) is 20.9 Å². The Morgan fingerprint density at radius 3 is 2.31 bits per heavy atom. The molecule has 0 radical (unpaired) electrons. The Morgan fingerprint density at radius 2 is 1.76 bits per heavy atom. The number of ether oxygens (including phenoxy) is 1. The highest BCUT2D eigenvalue weighted by Crippen LogP contribution is 2.35. The van der Waals surface area contributed by atoms with Crippen LogP contribution in [0.1, 0.15) is 49.4 Å². The van der Waals surface area contributed by atoms with Crippen molar-refractivity contribution in [3.63, 3.8) is 0 Å². The van der Waals surface area contributed by atoms with E-state index in [4.69, 9.17) is 4.74 Å². The van der Waals surface area contributed by atoms with Crippen LogP contribution in [0.3, 0.4) is 0 Å². The molecule has 3 aromatic carbocycles. The van der Waals surface area contributed by atoms with Crippen molar-refractivity contribution in [2.45, 2.75) is 51.5 Å². The van der Waals surface area contributed by atoms with Crippen LogP contribution in [0.25, 0.3) is 21.3 Å². The van der Waals surface area contributed by atoms with Gasteiger partial charge in [-0.25, -0.2) is 22.6 Å². The quantitative estimate of drug-likeness (QED) is 0.178. The van der Waals surface area contributed by atoms with Crippen LogP contribution in [0.4, 0.5) is 14.9 Å². The first-order valence-corrected chi connectivity index (χ1v) is 17.2. The minimum absolute atomic E-state index is 0.0774. The highest BCUT2D eigenvalue weighted by atomic mass is 32.2. The van der Waals surface area contributed by atoms with Gasteiger partial charge in [0.25, 0.3) is 0 Å². The number of fused-ring (bicyclic) bond motifs is 1. The summed E-state index contributed by atoms with van der Waals surface area (Å²) in [5.41, 5.74) is 2.41. The summed E-state index contributed by atoms with van der Waals surface area (Å²) in [6.45, 7) is 6.09. The maximum Gasteiger partial charge on any atom is 0.411 e. The molecule has 3 amide bonds. The van der Waals surface area contributed by atoms with E-state index in [0.29, 0.717) is 22.0 Å². The van der Waals surface area contributed by atoms with Gasteiger partial charge in [-0.05, 0) is 49.1 Å². The van der Waals surface area contributed by atoms with Crippen molar-refractivity contribution in [3.8, 4) is 11.1 Å². The van der Waals surface area contributed by atoms with Gasteiger partial charge in [-0.2, -0.15) is 0 Å². The number of sulfone groups is 1. The highest BCUT2D eigenvalue weighted by Gasteiger charge is 2.33. The van der Waals surface area contributed by atoms with Gasteiger partial charge in [-0.15, -0.1) is 11.3 Å². The topological polar surface area (TPSA) is 144 Å². The lowest BCUT2D eigenvalue weighted by Crippen LogP contribution is -2.33. The van der Waals surface area contributed by atoms with Gasteiger partial charge in [0, 0.05) is 36.2 Å². The highest BCUT2D eigenvalue weighted by molar-refractivity contribution is 7.91. The summed E-state index contributed by atoms with van der Waals surface area (Å²) in [5.74, 6) is -1.23. The second kappa shape index (κ2) is 16.6. The van der Waals surface area contributed by atoms with Crippen molar-refractivity contribution >= 4 is 55.5 Å². The normalized spacial score (nSPS) is 12.8. The Hall–Kier alpha value is -4.36. The van der Waals surface area contributed by atoms with E-state index in [9.17, 15) is 27.2 Å². The molecule has 0 spiro atoms. The zero-order chi connectivity index (χ0) is 33.0. The van der Waals surface area contributed by atoms with Crippen molar-refractivity contribution in [3.05, 3.63) is 83.1 Å². The number of carbonyl (C=O) groups is 3. The minimum atomic E-state index is -3.80. The van der Waals surface area contributed by atoms with E-state index in [-0.39, 0.29) is 29.2 Å². The van der Waals surface area contributed by atoms with Gasteiger partial charge in [0.1, 0.15) is 17.4 Å². The van der Waals surface area contributed by atoms with E-state index in [1.165, 1.54) is 18.9 Å². The van der Waals surface area contributed by atoms with Crippen molar-refractivity contribution < 1.29 is 31.9 Å². The van der Waals surface area contributed by atoms with E-state index in [1.54, 1.807) is 37.3 Å². The molecule has 3 N–H and O–H groups in total. The average molecular weight is 657 g/mol. The Labute approximate surface area is 266 Å². The number of hydrogen-bond acceptors (Lipinski definition) is 8. The summed E-state index contributed by atoms with van der Waals surface area (Å²) < 4.78 is 45.3. The number of hydrogen-bond donors (Lipinski definition) is 3. The SMILES string of the molecule is CC.CCNC(=O)C(c1nc2cc(F)c(-c3ccc(NC(=O)OCc4ccccc4)cc3)cc2s1)S(C)(=O)=O.O=CNC1CC1. The molecule has 13 heteroatoms. The molecular formula is C32H37FN4O6S2. The number of rotatable bonds is 10. The molecule has 0 aliphatic heterocycles. The van der Waals surface area contributed by atoms with Crippen LogP contribution in [-0.2, 0) is 30.8 Å². The maximum atomic E-state index is 15.0. The smallest absolute Gasteiger partial charge is 0.411 e. The fourth-order valence-electron chi connectivity index (χ4n) is 4.01. The number of carbonyl (C=O) groups excluding carboxylic acids is 3. The summed E-state index contributed by atoms with van der Waals surface area (Å²) in [5, 5.41) is 6.39. The van der Waals surface area contributed by atoms with Gasteiger partial charge in [-0.3, -0.25) is 14.9 Å². The fraction of sp³-hybridized carbons (Fsp3) is 0.312. The molecule has 0 bridgehead atoms. The molecule has 1 unspecified atom stereocenters. The first-order valence-electron chi connectivity index (χ1n) is 14.4. The molecule has 1 heterocycles. The lowest BCUT2D eigenvalue weighted by atomic mass is 10.0. The van der Waals surface area contributed by atoms with Crippen molar-refractivity contribution in [2.24, 2.45) is 0 Å². The second-order valence-electron chi connectivity index (χ2n) is 9.78. The average Bonchev–Trinajstić information content (AvgIpc) is 3.75. The van der Waals surface area contributed by atoms with Crippen LogP contribution in [0, 0.1) is 5.82 Å². The van der Waals surface area contributed by atoms with Crippen molar-refractivity contribution in [1.29, 1.82) is 0 Å². The molecule has 10 nitrogen and oxygen atoms in total. The Morgan fingerprint density at radius 1 is 1.09 bits per heavy atom. The molecule has 240 valence electrons. The number of halogens is 1. The Bertz CT molecular complexity index is 1690. The lowest BCUT2D eigenvalue weighted by molar-refractivity contribution is -0.120. The van der Waals surface area contributed by atoms with Gasteiger partial charge in [0.15, 0.2) is 15.1 Å². The number of likely N-dealkylation sites (N-methyl/N-ethyl adjacent to an activating group) is 1. The third-order valence-electron chi connectivity index (χ3n) is 6.27. The number of anilines is 1. The molecule has 1 fully saturated rings. The van der Waals surface area contributed by atoms with Crippen LogP contribution in [0.15, 0.2) is 66.7 Å². The van der Waals surface area contributed by atoms with Gasteiger partial charge >= 0.3 is 6.09 Å². The first-order chi connectivity index (χ1) is 21.6. The van der Waals surface area contributed by atoms with Crippen LogP contribution < -0.4 is 16.0 Å². The zero-order valence-electron chi connectivity index (χ0n) is 25.5. The zero-order valence-corrected chi connectivity index (χ0v) is 27.1. The summed E-state index contributed by atoms with van der Waals surface area (Å²) >= 11 is 1.03. The first kappa shape index (κ1) is 35.1. The Kier molecular flexibility index (Phi) is 13.0. The summed E-state index contributed by atoms with van der Waals surface area (Å²) in [4.78, 5) is 38.3. The minimum Gasteiger partial charge on any atom is -0.444 e. The molecule has 45 heavy (non-hydrogen) atoms. The van der Waals surface area contributed by atoms with Crippen LogP contribution >= 0.6 is 11.3 Å². The summed E-state index contributed by atoms with van der Waals surface area (Å²) in [6, 6.07) is 19.1. The predicted molar refractivity (Wildman–Crippen MR) is 175 cm³/mol. The van der Waals surface area contributed by atoms with Gasteiger partial charge in [-0.1, -0.05) is 56.3 Å². The Balaban J connectivity index is 0.000000608. The molecule has 0 saturated heterocycles. The second-order valence-corrected chi connectivity index (χ2v) is 13.0. The van der Waals surface area contributed by atoms with Gasteiger partial charge in [0.2, 0.25) is 12.3 Å². The molecule has 1 aliphatic carbocycles. The summed E-state index contributed by atoms with van der Waals surface area (Å²) in [7, 11) is -3.80. The lowest BCUT2D eigenvalue weighted by Gasteiger charge is -2.11. The summed E-state index contributed by atoms with van der Waals surface area (Å²) in [6.07, 6.45) is 3.47. The van der Waals surface area contributed by atoms with E-state index < -0.39 is 32.9 Å². The molecular weight excluding hydrogens is 620 g/mol. The third-order valence-corrected chi connectivity index (χ3v) is 8.80. The maximum absolute atomic E-state index is 15.0. The predicted octanol–water partition coefficient (Wildman–Crippen LogP) is 5.99. The fourth-order valence-corrected chi connectivity index (χ4v) is 6.54. The number of nitrogens with zero attached hydrogens (tertiary/aromatic N) is 1. The number of nitrogens with one attached hydrogen (secondary N) is 3. The van der Waals surface area contributed by atoms with E-state index in [0.717, 1.165) is 29.6 Å². The number of aromatic nitrogens is 1. The van der Waals surface area contributed by atoms with Gasteiger partial charge in [0.05, 0.1) is 10.2 Å².